The minimum atomic E-state index is -0.488. The molecule has 9 heteroatoms. The van der Waals surface area contributed by atoms with Crippen LogP contribution in [0.15, 0.2) is 87.7 Å². The summed E-state index contributed by atoms with van der Waals surface area (Å²) in [6.45, 7) is 0. The third-order valence-electron chi connectivity index (χ3n) is 4.89. The predicted octanol–water partition coefficient (Wildman–Crippen LogP) is 6.57. The molecule has 3 aromatic carbocycles. The SMILES string of the molecule is O=C(Nc1ccc2oc(-c3cccc(Cl)c3)nc2c1)c1ccc(-c2cccc([N+](=O)[O-])c2)o1. The van der Waals surface area contributed by atoms with E-state index in [9.17, 15) is 14.9 Å². The van der Waals surface area contributed by atoms with Crippen LogP contribution >= 0.6 is 11.6 Å². The van der Waals surface area contributed by atoms with Gasteiger partial charge in [-0.15, -0.1) is 0 Å². The number of benzene rings is 3. The third-order valence-corrected chi connectivity index (χ3v) is 5.12. The Morgan fingerprint density at radius 3 is 2.58 bits per heavy atom. The number of hydrogen-bond donors (Lipinski definition) is 1. The lowest BCUT2D eigenvalue weighted by molar-refractivity contribution is -0.384. The Morgan fingerprint density at radius 1 is 0.939 bits per heavy atom. The molecule has 0 aliphatic heterocycles. The predicted molar refractivity (Wildman–Crippen MR) is 123 cm³/mol. The number of halogens is 1. The van der Waals surface area contributed by atoms with Crippen LogP contribution < -0.4 is 5.32 Å². The first-order valence-electron chi connectivity index (χ1n) is 9.79. The highest BCUT2D eigenvalue weighted by Gasteiger charge is 2.16. The molecular formula is C24H14ClN3O5. The number of rotatable bonds is 5. The summed E-state index contributed by atoms with van der Waals surface area (Å²) in [6, 6.07) is 21.4. The van der Waals surface area contributed by atoms with E-state index < -0.39 is 10.8 Å². The van der Waals surface area contributed by atoms with Crippen molar-refractivity contribution >= 4 is 40.0 Å². The molecule has 2 aromatic heterocycles. The molecule has 0 aliphatic carbocycles. The maximum absolute atomic E-state index is 12.7. The van der Waals surface area contributed by atoms with Crippen LogP contribution in [0.2, 0.25) is 5.02 Å². The summed E-state index contributed by atoms with van der Waals surface area (Å²) in [5.41, 5.74) is 2.82. The number of amides is 1. The zero-order valence-electron chi connectivity index (χ0n) is 16.8. The van der Waals surface area contributed by atoms with Gasteiger partial charge in [-0.2, -0.15) is 0 Å². The van der Waals surface area contributed by atoms with Gasteiger partial charge in [0.05, 0.1) is 4.92 Å². The number of carbonyl (C=O) groups is 1. The second-order valence-corrected chi connectivity index (χ2v) is 7.57. The van der Waals surface area contributed by atoms with E-state index in [1.807, 2.05) is 12.1 Å². The molecule has 8 nitrogen and oxygen atoms in total. The van der Waals surface area contributed by atoms with E-state index in [2.05, 4.69) is 10.3 Å². The van der Waals surface area contributed by atoms with E-state index in [0.29, 0.717) is 39.0 Å². The molecule has 0 saturated carbocycles. The van der Waals surface area contributed by atoms with Crippen molar-refractivity contribution in [1.29, 1.82) is 0 Å². The van der Waals surface area contributed by atoms with Crippen molar-refractivity contribution in [3.63, 3.8) is 0 Å². The highest BCUT2D eigenvalue weighted by molar-refractivity contribution is 6.30. The van der Waals surface area contributed by atoms with Crippen molar-refractivity contribution in [2.45, 2.75) is 0 Å². The molecule has 1 N–H and O–H groups in total. The summed E-state index contributed by atoms with van der Waals surface area (Å²) >= 11 is 6.04. The number of hydrogen-bond acceptors (Lipinski definition) is 6. The van der Waals surface area contributed by atoms with Gasteiger partial charge in [0.1, 0.15) is 11.3 Å². The molecule has 0 saturated heterocycles. The van der Waals surface area contributed by atoms with Gasteiger partial charge in [0.15, 0.2) is 11.3 Å². The number of nitrogens with zero attached hydrogens (tertiary/aromatic N) is 2. The third kappa shape index (κ3) is 4.19. The van der Waals surface area contributed by atoms with Gasteiger partial charge in [0, 0.05) is 34.0 Å². The number of carbonyl (C=O) groups excluding carboxylic acids is 1. The number of fused-ring (bicyclic) bond motifs is 1. The first-order chi connectivity index (χ1) is 16.0. The second-order valence-electron chi connectivity index (χ2n) is 7.14. The standard InChI is InChI=1S/C24H14ClN3O5/c25-16-5-1-4-15(11-16)24-27-19-13-17(7-8-21(19)33-24)26-23(29)22-10-9-20(32-22)14-3-2-6-18(12-14)28(30)31/h1-13H,(H,26,29). The van der Waals surface area contributed by atoms with Crippen LogP contribution in [0.3, 0.4) is 0 Å². The highest BCUT2D eigenvalue weighted by atomic mass is 35.5. The Morgan fingerprint density at radius 2 is 1.76 bits per heavy atom. The highest BCUT2D eigenvalue weighted by Crippen LogP contribution is 2.29. The van der Waals surface area contributed by atoms with Gasteiger partial charge in [-0.3, -0.25) is 14.9 Å². The topological polar surface area (TPSA) is 111 Å². The molecule has 1 amide bonds. The van der Waals surface area contributed by atoms with E-state index in [-0.39, 0.29) is 11.4 Å². The van der Waals surface area contributed by atoms with Crippen LogP contribution in [-0.4, -0.2) is 15.8 Å². The van der Waals surface area contributed by atoms with Gasteiger partial charge in [-0.1, -0.05) is 29.8 Å². The average Bonchev–Trinajstić information content (AvgIpc) is 3.46. The molecule has 162 valence electrons. The fourth-order valence-corrected chi connectivity index (χ4v) is 3.52. The Hall–Kier alpha value is -4.43. The van der Waals surface area contributed by atoms with Gasteiger partial charge in [0.25, 0.3) is 11.6 Å². The summed E-state index contributed by atoms with van der Waals surface area (Å²) in [7, 11) is 0. The molecular weight excluding hydrogens is 446 g/mol. The first kappa shape index (κ1) is 20.5. The van der Waals surface area contributed by atoms with Crippen LogP contribution in [0.1, 0.15) is 10.6 Å². The minimum Gasteiger partial charge on any atom is -0.451 e. The first-order valence-corrected chi connectivity index (χ1v) is 10.2. The van der Waals surface area contributed by atoms with Crippen molar-refractivity contribution in [2.24, 2.45) is 0 Å². The second kappa shape index (κ2) is 8.25. The van der Waals surface area contributed by atoms with Crippen molar-refractivity contribution in [3.05, 3.63) is 99.8 Å². The van der Waals surface area contributed by atoms with E-state index >= 15 is 0 Å². The van der Waals surface area contributed by atoms with Crippen molar-refractivity contribution in [2.75, 3.05) is 5.32 Å². The Kier molecular flexibility index (Phi) is 5.12. The maximum Gasteiger partial charge on any atom is 0.291 e. The quantitative estimate of drug-likeness (QED) is 0.235. The van der Waals surface area contributed by atoms with Gasteiger partial charge in [-0.05, 0) is 48.5 Å². The number of non-ortho nitro benzene ring substituents is 1. The van der Waals surface area contributed by atoms with Crippen LogP contribution in [0.4, 0.5) is 11.4 Å². The fourth-order valence-electron chi connectivity index (χ4n) is 3.33. The largest absolute Gasteiger partial charge is 0.451 e. The van der Waals surface area contributed by atoms with E-state index in [1.54, 1.807) is 48.5 Å². The number of furan rings is 1. The fraction of sp³-hybridized carbons (Fsp3) is 0. The lowest BCUT2D eigenvalue weighted by atomic mass is 10.1. The molecule has 0 bridgehead atoms. The minimum absolute atomic E-state index is 0.0621. The van der Waals surface area contributed by atoms with E-state index in [4.69, 9.17) is 20.4 Å². The molecule has 0 unspecified atom stereocenters. The molecule has 0 radical (unpaired) electrons. The maximum atomic E-state index is 12.7. The van der Waals surface area contributed by atoms with Gasteiger partial charge >= 0.3 is 0 Å². The van der Waals surface area contributed by atoms with Gasteiger partial charge in [-0.25, -0.2) is 4.98 Å². The van der Waals surface area contributed by atoms with Crippen LogP contribution in [0.5, 0.6) is 0 Å². The molecule has 0 fully saturated rings. The molecule has 2 heterocycles. The Labute approximate surface area is 191 Å². The van der Waals surface area contributed by atoms with Crippen LogP contribution in [0.25, 0.3) is 33.9 Å². The number of anilines is 1. The van der Waals surface area contributed by atoms with Crippen LogP contribution in [0, 0.1) is 10.1 Å². The average molecular weight is 460 g/mol. The molecule has 5 aromatic rings. The molecule has 33 heavy (non-hydrogen) atoms. The lowest BCUT2D eigenvalue weighted by Gasteiger charge is -2.02. The zero-order valence-corrected chi connectivity index (χ0v) is 17.6. The van der Waals surface area contributed by atoms with Gasteiger partial charge < -0.3 is 14.2 Å². The summed E-state index contributed by atoms with van der Waals surface area (Å²) in [4.78, 5) is 27.6. The van der Waals surface area contributed by atoms with E-state index in [1.165, 1.54) is 18.2 Å². The molecule has 5 rings (SSSR count). The van der Waals surface area contributed by atoms with Crippen LogP contribution in [-0.2, 0) is 0 Å². The summed E-state index contributed by atoms with van der Waals surface area (Å²) in [5, 5.41) is 14.3. The molecule has 0 atom stereocenters. The van der Waals surface area contributed by atoms with Crippen molar-refractivity contribution in [3.8, 4) is 22.8 Å². The lowest BCUT2D eigenvalue weighted by Crippen LogP contribution is -2.10. The van der Waals surface area contributed by atoms with Crippen molar-refractivity contribution in [1.82, 2.24) is 4.98 Å². The van der Waals surface area contributed by atoms with Gasteiger partial charge in [0.2, 0.25) is 5.89 Å². The zero-order chi connectivity index (χ0) is 22.9. The number of nitrogens with one attached hydrogen (secondary N) is 1. The normalized spacial score (nSPS) is 10.9. The summed E-state index contributed by atoms with van der Waals surface area (Å²) in [5.74, 6) is 0.367. The monoisotopic (exact) mass is 459 g/mol. The summed E-state index contributed by atoms with van der Waals surface area (Å²) < 4.78 is 11.4. The smallest absolute Gasteiger partial charge is 0.291 e. The number of aromatic nitrogens is 1. The summed E-state index contributed by atoms with van der Waals surface area (Å²) in [6.07, 6.45) is 0. The Bertz CT molecular complexity index is 1520. The van der Waals surface area contributed by atoms with Crippen molar-refractivity contribution < 1.29 is 18.6 Å². The molecule has 0 spiro atoms. The molecule has 0 aliphatic rings. The Balaban J connectivity index is 1.36. The number of oxazole rings is 1. The number of nitro groups is 1. The van der Waals surface area contributed by atoms with E-state index in [0.717, 1.165) is 5.56 Å². The number of nitro benzene ring substituents is 1.